The second kappa shape index (κ2) is 8.71. The summed E-state index contributed by atoms with van der Waals surface area (Å²) >= 11 is 5.82. The summed E-state index contributed by atoms with van der Waals surface area (Å²) in [6.45, 7) is 3.32. The molecule has 3 aromatic rings. The van der Waals surface area contributed by atoms with Crippen molar-refractivity contribution in [3.8, 4) is 5.69 Å². The van der Waals surface area contributed by atoms with Gasteiger partial charge in [-0.25, -0.2) is 4.68 Å². The number of carbonyl (C=O) groups excluding carboxylic acids is 2. The van der Waals surface area contributed by atoms with Crippen molar-refractivity contribution in [3.05, 3.63) is 76.6 Å². The fourth-order valence-electron chi connectivity index (χ4n) is 2.79. The van der Waals surface area contributed by atoms with Crippen molar-refractivity contribution in [1.29, 1.82) is 0 Å². The number of hydrogen-bond acceptors (Lipinski definition) is 4. The van der Waals surface area contributed by atoms with Gasteiger partial charge < -0.3 is 10.1 Å². The molecule has 28 heavy (non-hydrogen) atoms. The summed E-state index contributed by atoms with van der Waals surface area (Å²) in [4.78, 5) is 24.1. The van der Waals surface area contributed by atoms with Gasteiger partial charge in [0.15, 0.2) is 6.61 Å². The average Bonchev–Trinajstić information content (AvgIpc) is 2.97. The molecule has 0 bridgehead atoms. The van der Waals surface area contributed by atoms with Crippen LogP contribution in [0.2, 0.25) is 5.02 Å². The number of rotatable bonds is 6. The predicted octanol–water partition coefficient (Wildman–Crippen LogP) is 3.87. The Morgan fingerprint density at radius 3 is 2.43 bits per heavy atom. The highest BCUT2D eigenvalue weighted by Gasteiger charge is 2.16. The first kappa shape index (κ1) is 19.6. The van der Waals surface area contributed by atoms with E-state index in [1.54, 1.807) is 28.9 Å². The van der Waals surface area contributed by atoms with Gasteiger partial charge in [0, 0.05) is 5.02 Å². The van der Waals surface area contributed by atoms with Crippen LogP contribution in [0.3, 0.4) is 0 Å². The lowest BCUT2D eigenvalue weighted by Crippen LogP contribution is -2.22. The number of nitrogens with zero attached hydrogens (tertiary/aromatic N) is 2. The van der Waals surface area contributed by atoms with Gasteiger partial charge in [-0.15, -0.1) is 0 Å². The van der Waals surface area contributed by atoms with Gasteiger partial charge in [-0.1, -0.05) is 41.9 Å². The van der Waals surface area contributed by atoms with Gasteiger partial charge in [0.25, 0.3) is 5.91 Å². The van der Waals surface area contributed by atoms with E-state index in [2.05, 4.69) is 10.4 Å². The fraction of sp³-hybridized carbons (Fsp3) is 0.190. The van der Waals surface area contributed by atoms with Crippen molar-refractivity contribution in [2.24, 2.45) is 0 Å². The highest BCUT2D eigenvalue weighted by Crippen LogP contribution is 2.22. The van der Waals surface area contributed by atoms with Crippen LogP contribution in [0, 0.1) is 13.8 Å². The SMILES string of the molecule is Cc1nn(-c2ccccc2)c(C)c1NC(=O)COC(=O)Cc1ccc(Cl)cc1. The van der Waals surface area contributed by atoms with Crippen LogP contribution in [0.4, 0.5) is 5.69 Å². The zero-order valence-corrected chi connectivity index (χ0v) is 16.4. The maximum Gasteiger partial charge on any atom is 0.310 e. The third kappa shape index (κ3) is 4.78. The van der Waals surface area contributed by atoms with Crippen molar-refractivity contribution < 1.29 is 14.3 Å². The molecular weight excluding hydrogens is 378 g/mol. The molecule has 0 fully saturated rings. The number of carbonyl (C=O) groups is 2. The number of hydrogen-bond donors (Lipinski definition) is 1. The first-order chi connectivity index (χ1) is 13.4. The van der Waals surface area contributed by atoms with Gasteiger partial charge in [0.05, 0.1) is 29.2 Å². The molecule has 0 saturated heterocycles. The number of para-hydroxylation sites is 1. The summed E-state index contributed by atoms with van der Waals surface area (Å²) in [5, 5.41) is 7.85. The Morgan fingerprint density at radius 2 is 1.75 bits per heavy atom. The molecule has 0 unspecified atom stereocenters. The van der Waals surface area contributed by atoms with Crippen molar-refractivity contribution in [2.75, 3.05) is 11.9 Å². The zero-order valence-electron chi connectivity index (χ0n) is 15.6. The number of aryl methyl sites for hydroxylation is 1. The van der Waals surface area contributed by atoms with Crippen LogP contribution < -0.4 is 5.32 Å². The fourth-order valence-corrected chi connectivity index (χ4v) is 2.91. The Balaban J connectivity index is 1.58. The monoisotopic (exact) mass is 397 g/mol. The largest absolute Gasteiger partial charge is 0.455 e. The van der Waals surface area contributed by atoms with Gasteiger partial charge in [-0.05, 0) is 43.7 Å². The van der Waals surface area contributed by atoms with Crippen LogP contribution in [0.1, 0.15) is 17.0 Å². The van der Waals surface area contributed by atoms with Crippen molar-refractivity contribution >= 4 is 29.2 Å². The molecule has 2 aromatic carbocycles. The molecule has 6 nitrogen and oxygen atoms in total. The van der Waals surface area contributed by atoms with E-state index in [0.717, 1.165) is 16.9 Å². The number of ether oxygens (including phenoxy) is 1. The van der Waals surface area contributed by atoms with Crippen molar-refractivity contribution in [3.63, 3.8) is 0 Å². The Hall–Kier alpha value is -3.12. The maximum atomic E-state index is 12.2. The third-order valence-electron chi connectivity index (χ3n) is 4.18. The number of aromatic nitrogens is 2. The van der Waals surface area contributed by atoms with Crippen LogP contribution in [0.15, 0.2) is 54.6 Å². The van der Waals surface area contributed by atoms with Gasteiger partial charge in [0.2, 0.25) is 0 Å². The highest BCUT2D eigenvalue weighted by atomic mass is 35.5. The number of anilines is 1. The standard InChI is InChI=1S/C21H20ClN3O3/c1-14-21(15(2)25(24-14)18-6-4-3-5-7-18)23-19(26)13-28-20(27)12-16-8-10-17(22)11-9-16/h3-11H,12-13H2,1-2H3,(H,23,26). The Labute approximate surface area is 168 Å². The van der Waals surface area contributed by atoms with E-state index in [4.69, 9.17) is 16.3 Å². The lowest BCUT2D eigenvalue weighted by atomic mass is 10.1. The second-order valence-corrected chi connectivity index (χ2v) is 6.74. The van der Waals surface area contributed by atoms with Gasteiger partial charge in [-0.3, -0.25) is 9.59 Å². The minimum absolute atomic E-state index is 0.0778. The van der Waals surface area contributed by atoms with Gasteiger partial charge in [-0.2, -0.15) is 5.10 Å². The molecule has 0 aliphatic heterocycles. The minimum Gasteiger partial charge on any atom is -0.455 e. The minimum atomic E-state index is -0.481. The topological polar surface area (TPSA) is 73.2 Å². The van der Waals surface area contributed by atoms with E-state index in [9.17, 15) is 9.59 Å². The summed E-state index contributed by atoms with van der Waals surface area (Å²) in [6.07, 6.45) is 0.0778. The predicted molar refractivity (Wildman–Crippen MR) is 108 cm³/mol. The lowest BCUT2D eigenvalue weighted by molar-refractivity contribution is -0.146. The molecule has 1 N–H and O–H groups in total. The van der Waals surface area contributed by atoms with E-state index in [1.807, 2.05) is 44.2 Å². The van der Waals surface area contributed by atoms with Crippen LogP contribution in [0.5, 0.6) is 0 Å². The molecule has 1 amide bonds. The molecule has 1 aromatic heterocycles. The van der Waals surface area contributed by atoms with Crippen LogP contribution in [0.25, 0.3) is 5.69 Å². The Bertz CT molecular complexity index is 982. The molecule has 0 saturated carbocycles. The van der Waals surface area contributed by atoms with Crippen LogP contribution in [-0.4, -0.2) is 28.3 Å². The molecule has 0 aliphatic rings. The van der Waals surface area contributed by atoms with Crippen molar-refractivity contribution in [2.45, 2.75) is 20.3 Å². The summed E-state index contributed by atoms with van der Waals surface area (Å²) in [5.41, 5.74) is 3.76. The average molecular weight is 398 g/mol. The molecule has 3 rings (SSSR count). The molecule has 7 heteroatoms. The lowest BCUT2D eigenvalue weighted by Gasteiger charge is -2.08. The number of benzene rings is 2. The van der Waals surface area contributed by atoms with E-state index >= 15 is 0 Å². The molecule has 0 atom stereocenters. The van der Waals surface area contributed by atoms with E-state index < -0.39 is 11.9 Å². The van der Waals surface area contributed by atoms with Crippen LogP contribution in [-0.2, 0) is 20.7 Å². The van der Waals surface area contributed by atoms with Crippen LogP contribution >= 0.6 is 11.6 Å². The Morgan fingerprint density at radius 1 is 1.07 bits per heavy atom. The molecular formula is C21H20ClN3O3. The highest BCUT2D eigenvalue weighted by molar-refractivity contribution is 6.30. The second-order valence-electron chi connectivity index (χ2n) is 6.31. The van der Waals surface area contributed by atoms with E-state index in [0.29, 0.717) is 16.4 Å². The number of amides is 1. The number of esters is 1. The molecule has 0 aliphatic carbocycles. The smallest absolute Gasteiger partial charge is 0.310 e. The summed E-state index contributed by atoms with van der Waals surface area (Å²) < 4.78 is 6.83. The quantitative estimate of drug-likeness (QED) is 0.641. The number of nitrogens with one attached hydrogen (secondary N) is 1. The zero-order chi connectivity index (χ0) is 20.1. The first-order valence-electron chi connectivity index (χ1n) is 8.75. The molecule has 0 radical (unpaired) electrons. The summed E-state index contributed by atoms with van der Waals surface area (Å²) in [7, 11) is 0. The Kier molecular flexibility index (Phi) is 6.11. The van der Waals surface area contributed by atoms with E-state index in [-0.39, 0.29) is 13.0 Å². The van der Waals surface area contributed by atoms with E-state index in [1.165, 1.54) is 0 Å². The van der Waals surface area contributed by atoms with Gasteiger partial charge in [0.1, 0.15) is 0 Å². The third-order valence-corrected chi connectivity index (χ3v) is 4.43. The number of halogens is 1. The molecule has 1 heterocycles. The normalized spacial score (nSPS) is 10.5. The summed E-state index contributed by atoms with van der Waals surface area (Å²) in [6, 6.07) is 16.5. The van der Waals surface area contributed by atoms with Crippen molar-refractivity contribution in [1.82, 2.24) is 9.78 Å². The maximum absolute atomic E-state index is 12.2. The first-order valence-corrected chi connectivity index (χ1v) is 9.13. The molecule has 0 spiro atoms. The van der Waals surface area contributed by atoms with Gasteiger partial charge >= 0.3 is 5.97 Å². The molecule has 144 valence electrons. The summed E-state index contributed by atoms with van der Waals surface area (Å²) in [5.74, 6) is -0.894.